The van der Waals surface area contributed by atoms with Crippen LogP contribution in [0.3, 0.4) is 0 Å². The molecule has 3 atom stereocenters. The normalized spacial score (nSPS) is 19.6. The van der Waals surface area contributed by atoms with Crippen molar-refractivity contribution in [2.45, 2.75) is 69.8 Å². The number of halogens is 2. The van der Waals surface area contributed by atoms with Crippen LogP contribution in [0.4, 0.5) is 25.1 Å². The number of hydrogen-bond donors (Lipinski definition) is 3. The molecule has 1 aromatic carbocycles. The highest BCUT2D eigenvalue weighted by atomic mass is 19.3. The Morgan fingerprint density at radius 1 is 1.10 bits per heavy atom. The maximum atomic E-state index is 15.3. The number of carbonyl (C=O) groups excluding carboxylic acids is 3. The number of nitrogens with one attached hydrogen (secondary N) is 2. The first-order chi connectivity index (χ1) is 19.1. The largest absolute Gasteiger partial charge is 0.453 e. The Balaban J connectivity index is 1.58. The van der Waals surface area contributed by atoms with Crippen molar-refractivity contribution >= 4 is 29.5 Å². The van der Waals surface area contributed by atoms with Crippen molar-refractivity contribution in [3.63, 3.8) is 0 Å². The Morgan fingerprint density at radius 2 is 1.85 bits per heavy atom. The molecule has 0 unspecified atom stereocenters. The second kappa shape index (κ2) is 14.5. The molecule has 0 radical (unpaired) electrons. The van der Waals surface area contributed by atoms with Crippen LogP contribution in [-0.2, 0) is 23.8 Å². The van der Waals surface area contributed by atoms with Crippen LogP contribution in [0.25, 0.3) is 0 Å². The Morgan fingerprint density at radius 3 is 2.52 bits per heavy atom. The maximum absolute atomic E-state index is 15.3. The molecule has 0 saturated carbocycles. The molecule has 2 heterocycles. The summed E-state index contributed by atoms with van der Waals surface area (Å²) in [5.41, 5.74) is -0.689. The first-order valence-corrected chi connectivity index (χ1v) is 12.9. The summed E-state index contributed by atoms with van der Waals surface area (Å²) in [6.45, 7) is 1.27. The summed E-state index contributed by atoms with van der Waals surface area (Å²) >= 11 is 0. The van der Waals surface area contributed by atoms with Crippen molar-refractivity contribution in [3.8, 4) is 0 Å². The van der Waals surface area contributed by atoms with Gasteiger partial charge in [-0.1, -0.05) is 44.4 Å². The Labute approximate surface area is 228 Å². The minimum absolute atomic E-state index is 0.172. The molecule has 2 amide bonds. The van der Waals surface area contributed by atoms with E-state index in [-0.39, 0.29) is 18.8 Å². The van der Waals surface area contributed by atoms with Gasteiger partial charge in [-0.25, -0.2) is 9.59 Å². The van der Waals surface area contributed by atoms with Gasteiger partial charge < -0.3 is 24.6 Å². The molecule has 3 N–H and O–H groups in total. The Bertz CT molecular complexity index is 1210. The molecule has 0 bridgehead atoms. The predicted octanol–water partition coefficient (Wildman–Crippen LogP) is 3.23. The Hall–Kier alpha value is -3.91. The highest BCUT2D eigenvalue weighted by Gasteiger charge is 2.62. The molecule has 1 aliphatic heterocycles. The molecule has 3 rings (SSSR count). The summed E-state index contributed by atoms with van der Waals surface area (Å²) in [6.07, 6.45) is -3.34. The lowest BCUT2D eigenvalue weighted by atomic mass is 10.1. The summed E-state index contributed by atoms with van der Waals surface area (Å²) in [7, 11) is 0. The van der Waals surface area contributed by atoms with Crippen molar-refractivity contribution in [3.05, 3.63) is 53.1 Å². The topological polar surface area (TPSA) is 158 Å². The summed E-state index contributed by atoms with van der Waals surface area (Å²) in [6, 6.07) is 9.53. The fourth-order valence-electron chi connectivity index (χ4n) is 3.92. The van der Waals surface area contributed by atoms with E-state index in [2.05, 4.69) is 15.6 Å². The molecule has 1 aliphatic rings. The first-order valence-electron chi connectivity index (χ1n) is 12.9. The van der Waals surface area contributed by atoms with Crippen LogP contribution in [0.5, 0.6) is 0 Å². The third-order valence-corrected chi connectivity index (χ3v) is 5.95. The number of ether oxygens (including phenoxy) is 3. The molecule has 2 aromatic rings. The van der Waals surface area contributed by atoms with E-state index in [4.69, 9.17) is 14.2 Å². The number of nitrogens with zero attached hydrogens (tertiary/aromatic N) is 2. The molecule has 1 saturated heterocycles. The average Bonchev–Trinajstić information content (AvgIpc) is 3.17. The Kier molecular flexibility index (Phi) is 11.1. The lowest BCUT2D eigenvalue weighted by Crippen LogP contribution is -2.44. The molecular weight excluding hydrogens is 534 g/mol. The standard InChI is InChI=1S/C26H32F2N4O8/c1-2-3-4-8-15-38-25(37)31-19-13-14-32(24(36)30-19)23-26(27,28)22(18(16-33)39-23)40-21(35)12-11-20(34)29-17-9-6-5-7-10-17/h5-7,9-10,13-14,18,22-23,33H,2-4,8,11-12,15-16H2,1H3,(H,29,34)(H,30,31,36,37)/t18-,22-,23-/m1/s1. The summed E-state index contributed by atoms with van der Waals surface area (Å²) < 4.78 is 46.1. The van der Waals surface area contributed by atoms with Gasteiger partial charge in [0.05, 0.1) is 19.6 Å². The number of aromatic nitrogens is 2. The number of alkyl halides is 2. The van der Waals surface area contributed by atoms with Crippen LogP contribution >= 0.6 is 0 Å². The maximum Gasteiger partial charge on any atom is 0.412 e. The zero-order chi connectivity index (χ0) is 29.1. The van der Waals surface area contributed by atoms with E-state index in [1.807, 2.05) is 6.92 Å². The summed E-state index contributed by atoms with van der Waals surface area (Å²) in [4.78, 5) is 52.3. The van der Waals surface area contributed by atoms with Crippen molar-refractivity contribution in [1.82, 2.24) is 9.55 Å². The molecule has 0 spiro atoms. The second-order valence-electron chi connectivity index (χ2n) is 9.03. The van der Waals surface area contributed by atoms with Gasteiger partial charge in [-0.2, -0.15) is 13.8 Å². The van der Waals surface area contributed by atoms with Gasteiger partial charge in [0.25, 0.3) is 0 Å². The van der Waals surface area contributed by atoms with Crippen LogP contribution in [0.15, 0.2) is 47.4 Å². The van der Waals surface area contributed by atoms with Gasteiger partial charge >= 0.3 is 23.7 Å². The van der Waals surface area contributed by atoms with Crippen LogP contribution in [0, 0.1) is 0 Å². The number of aliphatic hydroxyl groups excluding tert-OH is 1. The zero-order valence-corrected chi connectivity index (χ0v) is 21.9. The monoisotopic (exact) mass is 566 g/mol. The lowest BCUT2D eigenvalue weighted by Gasteiger charge is -2.24. The van der Waals surface area contributed by atoms with E-state index < -0.39 is 61.0 Å². The predicted molar refractivity (Wildman–Crippen MR) is 138 cm³/mol. The second-order valence-corrected chi connectivity index (χ2v) is 9.03. The van der Waals surface area contributed by atoms with Gasteiger partial charge in [0.2, 0.25) is 12.1 Å². The zero-order valence-electron chi connectivity index (χ0n) is 21.9. The molecule has 12 nitrogen and oxygen atoms in total. The minimum Gasteiger partial charge on any atom is -0.453 e. The number of carbonyl (C=O) groups is 3. The van der Waals surface area contributed by atoms with Crippen LogP contribution in [0.2, 0.25) is 0 Å². The van der Waals surface area contributed by atoms with E-state index in [1.54, 1.807) is 30.3 Å². The van der Waals surface area contributed by atoms with Gasteiger partial charge in [0, 0.05) is 18.3 Å². The number of amides is 2. The number of para-hydroxylation sites is 1. The molecule has 40 heavy (non-hydrogen) atoms. The summed E-state index contributed by atoms with van der Waals surface area (Å²) in [5.74, 6) is -5.82. The fraction of sp³-hybridized carbons (Fsp3) is 0.500. The van der Waals surface area contributed by atoms with E-state index in [0.29, 0.717) is 16.7 Å². The molecule has 218 valence electrons. The van der Waals surface area contributed by atoms with Gasteiger partial charge in [-0.15, -0.1) is 0 Å². The number of hydrogen-bond acceptors (Lipinski definition) is 9. The van der Waals surface area contributed by atoms with Gasteiger partial charge in [-0.3, -0.25) is 19.5 Å². The van der Waals surface area contributed by atoms with E-state index >= 15 is 8.78 Å². The van der Waals surface area contributed by atoms with Crippen LogP contribution in [-0.4, -0.2) is 64.0 Å². The lowest BCUT2D eigenvalue weighted by molar-refractivity contribution is -0.176. The van der Waals surface area contributed by atoms with Crippen molar-refractivity contribution < 1.29 is 42.5 Å². The van der Waals surface area contributed by atoms with Gasteiger partial charge in [-0.05, 0) is 24.6 Å². The molecule has 14 heteroatoms. The number of benzene rings is 1. The third kappa shape index (κ3) is 8.29. The first kappa shape index (κ1) is 30.6. The fourth-order valence-corrected chi connectivity index (χ4v) is 3.92. The minimum atomic E-state index is -3.95. The van der Waals surface area contributed by atoms with Crippen LogP contribution in [0.1, 0.15) is 51.7 Å². The number of esters is 1. The van der Waals surface area contributed by atoms with Crippen molar-refractivity contribution in [2.75, 3.05) is 23.8 Å². The molecule has 1 aromatic heterocycles. The average molecular weight is 567 g/mol. The van der Waals surface area contributed by atoms with E-state index in [9.17, 15) is 24.3 Å². The smallest absolute Gasteiger partial charge is 0.412 e. The SMILES string of the molecule is CCCCCCOC(=O)Nc1ccn([C@@H]2O[C@H](CO)[C@@H](OC(=O)CCC(=O)Nc3ccccc3)C2(F)F)c(=O)n1. The van der Waals surface area contributed by atoms with Crippen LogP contribution < -0.4 is 16.3 Å². The van der Waals surface area contributed by atoms with Crippen molar-refractivity contribution in [1.29, 1.82) is 0 Å². The highest BCUT2D eigenvalue weighted by molar-refractivity contribution is 5.92. The highest BCUT2D eigenvalue weighted by Crippen LogP contribution is 2.44. The van der Waals surface area contributed by atoms with E-state index in [1.165, 1.54) is 0 Å². The number of aliphatic hydroxyl groups is 1. The quantitative estimate of drug-likeness (QED) is 0.244. The summed E-state index contributed by atoms with van der Waals surface area (Å²) in [5, 5.41) is 14.4. The third-order valence-electron chi connectivity index (χ3n) is 5.95. The number of anilines is 2. The van der Waals surface area contributed by atoms with Gasteiger partial charge in [0.15, 0.2) is 6.10 Å². The number of unbranched alkanes of at least 4 members (excludes halogenated alkanes) is 3. The molecule has 1 fully saturated rings. The van der Waals surface area contributed by atoms with E-state index in [0.717, 1.165) is 31.5 Å². The molecular formula is C26H32F2N4O8. The van der Waals surface area contributed by atoms with Gasteiger partial charge in [0.1, 0.15) is 11.9 Å². The van der Waals surface area contributed by atoms with Crippen molar-refractivity contribution in [2.24, 2.45) is 0 Å². The molecule has 0 aliphatic carbocycles. The number of rotatable bonds is 13.